The third-order valence-electron chi connectivity index (χ3n) is 6.50. The molecule has 2 aromatic rings. The van der Waals surface area contributed by atoms with Crippen molar-refractivity contribution < 1.29 is 23.5 Å². The Morgan fingerprint density at radius 2 is 1.76 bits per heavy atom. The molecule has 8 nitrogen and oxygen atoms in total. The number of urea groups is 1. The van der Waals surface area contributed by atoms with E-state index in [1.54, 1.807) is 17.9 Å². The van der Waals surface area contributed by atoms with Gasteiger partial charge < -0.3 is 15.0 Å². The normalized spacial score (nSPS) is 18.4. The van der Waals surface area contributed by atoms with Gasteiger partial charge in [-0.15, -0.1) is 6.58 Å². The zero-order chi connectivity index (χ0) is 26.4. The molecule has 1 atom stereocenters. The number of hydrogen-bond donors (Lipinski definition) is 1. The van der Waals surface area contributed by atoms with Crippen LogP contribution in [0.4, 0.5) is 9.18 Å². The van der Waals surface area contributed by atoms with Crippen LogP contribution >= 0.6 is 0 Å². The van der Waals surface area contributed by atoms with Gasteiger partial charge in [0, 0.05) is 50.5 Å². The van der Waals surface area contributed by atoms with Crippen LogP contribution in [0.5, 0.6) is 0 Å². The minimum atomic E-state index is -0.648. The molecule has 4 rings (SSSR count). The van der Waals surface area contributed by atoms with Crippen LogP contribution in [0.1, 0.15) is 28.9 Å². The first kappa shape index (κ1) is 26.1. The van der Waals surface area contributed by atoms with Gasteiger partial charge in [-0.3, -0.25) is 14.6 Å². The predicted molar refractivity (Wildman–Crippen MR) is 137 cm³/mol. The van der Waals surface area contributed by atoms with E-state index >= 15 is 0 Å². The lowest BCUT2D eigenvalue weighted by molar-refractivity contribution is -0.139. The van der Waals surface area contributed by atoms with Crippen LogP contribution in [0.3, 0.4) is 0 Å². The molecule has 0 aliphatic carbocycles. The molecule has 0 radical (unpaired) electrons. The molecule has 37 heavy (non-hydrogen) atoms. The number of esters is 1. The minimum absolute atomic E-state index is 0.152. The first-order chi connectivity index (χ1) is 17.9. The fraction of sp³-hybridized carbons (Fsp3) is 0.321. The Kier molecular flexibility index (Phi) is 8.35. The second-order valence-electron chi connectivity index (χ2n) is 8.85. The summed E-state index contributed by atoms with van der Waals surface area (Å²) >= 11 is 0. The first-order valence-electron chi connectivity index (χ1n) is 12.3. The summed E-state index contributed by atoms with van der Waals surface area (Å²) in [6, 6.07) is 13.9. The predicted octanol–water partition coefficient (Wildman–Crippen LogP) is 3.35. The van der Waals surface area contributed by atoms with E-state index in [0.717, 1.165) is 5.56 Å². The molecule has 1 N–H and O–H groups in total. The van der Waals surface area contributed by atoms with E-state index in [9.17, 15) is 18.8 Å². The SMILES string of the molecule is C=CCN1C(=O)NC(c2ccccc2)C(C(=O)OCC)=C1CN1CCN(C(=O)c2ccc(F)cc2)CC1. The molecular formula is C28H31FN4O4. The molecule has 0 saturated carbocycles. The molecule has 1 fully saturated rings. The van der Waals surface area contributed by atoms with Gasteiger partial charge in [0.05, 0.1) is 18.2 Å². The Balaban J connectivity index is 1.59. The molecule has 2 aliphatic rings. The average molecular weight is 507 g/mol. The van der Waals surface area contributed by atoms with Crippen molar-refractivity contribution in [2.45, 2.75) is 13.0 Å². The van der Waals surface area contributed by atoms with Gasteiger partial charge in [0.15, 0.2) is 0 Å². The van der Waals surface area contributed by atoms with Gasteiger partial charge in [-0.2, -0.15) is 0 Å². The summed E-state index contributed by atoms with van der Waals surface area (Å²) in [5.74, 6) is -1.02. The maximum atomic E-state index is 13.2. The first-order valence-corrected chi connectivity index (χ1v) is 12.3. The van der Waals surface area contributed by atoms with Crippen LogP contribution in [0.2, 0.25) is 0 Å². The quantitative estimate of drug-likeness (QED) is 0.439. The monoisotopic (exact) mass is 506 g/mol. The van der Waals surface area contributed by atoms with E-state index < -0.39 is 12.0 Å². The standard InChI is InChI=1S/C28H31FN4O4/c1-3-14-33-23(19-31-15-17-32(18-16-31)26(34)21-10-12-22(29)13-11-21)24(27(35)37-4-2)25(30-28(33)36)20-8-6-5-7-9-20/h3,5-13,25H,1,4,14-19H2,2H3,(H,30,36). The highest BCUT2D eigenvalue weighted by Crippen LogP contribution is 2.32. The second-order valence-corrected chi connectivity index (χ2v) is 8.85. The molecule has 2 aromatic carbocycles. The Morgan fingerprint density at radius 3 is 2.38 bits per heavy atom. The number of rotatable bonds is 8. The van der Waals surface area contributed by atoms with Crippen molar-refractivity contribution in [3.8, 4) is 0 Å². The van der Waals surface area contributed by atoms with Crippen LogP contribution in [-0.4, -0.2) is 78.5 Å². The van der Waals surface area contributed by atoms with E-state index in [1.165, 1.54) is 29.2 Å². The van der Waals surface area contributed by atoms with E-state index in [2.05, 4.69) is 16.8 Å². The number of amides is 3. The number of halogens is 1. The average Bonchev–Trinajstić information content (AvgIpc) is 2.91. The van der Waals surface area contributed by atoms with Crippen LogP contribution in [0.15, 0.2) is 78.5 Å². The number of nitrogens with zero attached hydrogens (tertiary/aromatic N) is 3. The van der Waals surface area contributed by atoms with Gasteiger partial charge in [0.1, 0.15) is 5.82 Å². The summed E-state index contributed by atoms with van der Waals surface area (Å²) in [4.78, 5) is 44.6. The van der Waals surface area contributed by atoms with Gasteiger partial charge in [-0.05, 0) is 36.8 Å². The molecular weight excluding hydrogens is 475 g/mol. The molecule has 1 saturated heterocycles. The van der Waals surface area contributed by atoms with Gasteiger partial charge in [-0.1, -0.05) is 36.4 Å². The number of ether oxygens (including phenoxy) is 1. The summed E-state index contributed by atoms with van der Waals surface area (Å²) in [6.45, 7) is 8.32. The lowest BCUT2D eigenvalue weighted by Gasteiger charge is -2.40. The van der Waals surface area contributed by atoms with E-state index in [0.29, 0.717) is 49.6 Å². The fourth-order valence-corrected chi connectivity index (χ4v) is 4.64. The third-order valence-corrected chi connectivity index (χ3v) is 6.50. The lowest BCUT2D eigenvalue weighted by atomic mass is 9.94. The van der Waals surface area contributed by atoms with E-state index in [-0.39, 0.29) is 30.9 Å². The summed E-state index contributed by atoms with van der Waals surface area (Å²) in [7, 11) is 0. The van der Waals surface area contributed by atoms with Crippen LogP contribution in [0.25, 0.3) is 0 Å². The maximum Gasteiger partial charge on any atom is 0.338 e. The minimum Gasteiger partial charge on any atom is -0.463 e. The van der Waals surface area contributed by atoms with Crippen molar-refractivity contribution in [1.82, 2.24) is 20.0 Å². The molecule has 3 amide bonds. The highest BCUT2D eigenvalue weighted by Gasteiger charge is 2.38. The largest absolute Gasteiger partial charge is 0.463 e. The Morgan fingerprint density at radius 1 is 1.08 bits per heavy atom. The second kappa shape index (κ2) is 11.8. The summed E-state index contributed by atoms with van der Waals surface area (Å²) in [6.07, 6.45) is 1.62. The van der Waals surface area contributed by atoms with Gasteiger partial charge in [-0.25, -0.2) is 14.0 Å². The molecule has 0 spiro atoms. The van der Waals surface area contributed by atoms with Crippen LogP contribution in [0, 0.1) is 5.82 Å². The van der Waals surface area contributed by atoms with Crippen molar-refractivity contribution in [1.29, 1.82) is 0 Å². The smallest absolute Gasteiger partial charge is 0.338 e. The van der Waals surface area contributed by atoms with Gasteiger partial charge in [0.2, 0.25) is 0 Å². The maximum absolute atomic E-state index is 13.2. The topological polar surface area (TPSA) is 82.2 Å². The van der Waals surface area contributed by atoms with Crippen LogP contribution < -0.4 is 5.32 Å². The molecule has 0 bridgehead atoms. The van der Waals surface area contributed by atoms with Crippen molar-refractivity contribution in [2.75, 3.05) is 45.9 Å². The fourth-order valence-electron chi connectivity index (χ4n) is 4.64. The summed E-state index contributed by atoms with van der Waals surface area (Å²) in [5, 5.41) is 2.95. The Hall–Kier alpha value is -3.98. The number of hydrogen-bond acceptors (Lipinski definition) is 5. The van der Waals surface area contributed by atoms with E-state index in [1.807, 2.05) is 30.3 Å². The number of benzene rings is 2. The highest BCUT2D eigenvalue weighted by molar-refractivity contribution is 5.95. The third kappa shape index (κ3) is 5.89. The summed E-state index contributed by atoms with van der Waals surface area (Å²) < 4.78 is 18.7. The molecule has 1 unspecified atom stereocenters. The Bertz CT molecular complexity index is 1170. The van der Waals surface area contributed by atoms with Gasteiger partial charge >= 0.3 is 12.0 Å². The molecule has 2 heterocycles. The number of carbonyl (C=O) groups excluding carboxylic acids is 3. The molecule has 9 heteroatoms. The molecule has 194 valence electrons. The van der Waals surface area contributed by atoms with Crippen molar-refractivity contribution >= 4 is 17.9 Å². The highest BCUT2D eigenvalue weighted by atomic mass is 19.1. The number of piperazine rings is 1. The lowest BCUT2D eigenvalue weighted by Crippen LogP contribution is -2.53. The van der Waals surface area contributed by atoms with Gasteiger partial charge in [0.25, 0.3) is 5.91 Å². The van der Waals surface area contributed by atoms with E-state index in [4.69, 9.17) is 4.74 Å². The number of carbonyl (C=O) groups is 3. The Labute approximate surface area is 216 Å². The van der Waals surface area contributed by atoms with Crippen molar-refractivity contribution in [2.24, 2.45) is 0 Å². The zero-order valence-corrected chi connectivity index (χ0v) is 20.9. The summed E-state index contributed by atoms with van der Waals surface area (Å²) in [5.41, 5.74) is 2.17. The zero-order valence-electron chi connectivity index (χ0n) is 20.9. The molecule has 0 aromatic heterocycles. The van der Waals surface area contributed by atoms with Crippen molar-refractivity contribution in [3.05, 3.63) is 95.5 Å². The number of nitrogens with one attached hydrogen (secondary N) is 1. The van der Waals surface area contributed by atoms with Crippen LogP contribution in [-0.2, 0) is 9.53 Å². The van der Waals surface area contributed by atoms with Crippen molar-refractivity contribution in [3.63, 3.8) is 0 Å². The molecule has 2 aliphatic heterocycles.